The zero-order valence-electron chi connectivity index (χ0n) is 18.6. The molecule has 0 radical (unpaired) electrons. The van der Waals surface area contributed by atoms with Gasteiger partial charge in [0.05, 0.1) is 24.3 Å². The first-order valence-corrected chi connectivity index (χ1v) is 12.0. The van der Waals surface area contributed by atoms with Crippen molar-refractivity contribution >= 4 is 11.3 Å². The molecular weight excluding hydrogens is 438 g/mol. The standard InChI is InChI=1S/C21H35N3O7S/c1-11-9-20(27,10-24-7-6-12-5-4-8-32-12)21(28)19(29-11)30-18-16(26)13(22-2)15(25)14(23-3)17(18)31-21/h4-5,8,11,13-19,22-28H,6-7,9-10H2,1-3H3/t11-,13-,14+,15+,16+,17-,18?,19+,20-,21-/m1/s1. The molecule has 182 valence electrons. The highest BCUT2D eigenvalue weighted by Gasteiger charge is 2.68. The van der Waals surface area contributed by atoms with Gasteiger partial charge in [0, 0.05) is 24.4 Å². The summed E-state index contributed by atoms with van der Waals surface area (Å²) in [5.41, 5.74) is -1.70. The van der Waals surface area contributed by atoms with E-state index in [1.807, 2.05) is 11.4 Å². The van der Waals surface area contributed by atoms with Crippen LogP contribution in [0.1, 0.15) is 18.2 Å². The molecule has 7 N–H and O–H groups in total. The smallest absolute Gasteiger partial charge is 0.249 e. The van der Waals surface area contributed by atoms with Crippen molar-refractivity contribution in [2.45, 2.75) is 80.0 Å². The molecule has 0 aromatic carbocycles. The van der Waals surface area contributed by atoms with Gasteiger partial charge in [-0.1, -0.05) is 6.07 Å². The summed E-state index contributed by atoms with van der Waals surface area (Å²) in [6.07, 6.45) is -4.67. The molecule has 0 amide bonds. The van der Waals surface area contributed by atoms with Crippen molar-refractivity contribution in [3.05, 3.63) is 22.4 Å². The lowest BCUT2D eigenvalue weighted by molar-refractivity contribution is -0.482. The molecule has 3 fully saturated rings. The second-order valence-corrected chi connectivity index (χ2v) is 10.0. The summed E-state index contributed by atoms with van der Waals surface area (Å²) >= 11 is 1.67. The second kappa shape index (κ2) is 9.51. The Hall–Kier alpha value is -0.700. The molecule has 1 saturated carbocycles. The highest BCUT2D eigenvalue weighted by atomic mass is 32.1. The average molecular weight is 474 g/mol. The molecule has 1 aromatic rings. The summed E-state index contributed by atoms with van der Waals surface area (Å²) in [6, 6.07) is 2.73. The molecule has 3 heterocycles. The van der Waals surface area contributed by atoms with Gasteiger partial charge in [-0.2, -0.15) is 0 Å². The molecule has 0 spiro atoms. The molecule has 10 atom stereocenters. The number of nitrogens with one attached hydrogen (secondary N) is 3. The van der Waals surface area contributed by atoms with E-state index in [0.717, 1.165) is 6.42 Å². The van der Waals surface area contributed by atoms with E-state index in [9.17, 15) is 20.4 Å². The number of thiophene rings is 1. The molecule has 0 bridgehead atoms. The number of fused-ring (bicyclic) bond motifs is 2. The monoisotopic (exact) mass is 473 g/mol. The van der Waals surface area contributed by atoms with Gasteiger partial charge in [0.2, 0.25) is 12.1 Å². The van der Waals surface area contributed by atoms with Gasteiger partial charge in [0.15, 0.2) is 0 Å². The predicted molar refractivity (Wildman–Crippen MR) is 117 cm³/mol. The summed E-state index contributed by atoms with van der Waals surface area (Å²) in [7, 11) is 3.30. The molecule has 1 unspecified atom stereocenters. The lowest BCUT2D eigenvalue weighted by Gasteiger charge is -2.60. The van der Waals surface area contributed by atoms with Gasteiger partial charge in [-0.05, 0) is 38.9 Å². The normalized spacial score (nSPS) is 46.5. The van der Waals surface area contributed by atoms with Gasteiger partial charge in [-0.25, -0.2) is 0 Å². The van der Waals surface area contributed by atoms with Gasteiger partial charge in [0.1, 0.15) is 23.9 Å². The van der Waals surface area contributed by atoms with E-state index >= 15 is 0 Å². The van der Waals surface area contributed by atoms with E-state index in [1.54, 1.807) is 32.4 Å². The summed E-state index contributed by atoms with van der Waals surface area (Å²) < 4.78 is 17.9. The van der Waals surface area contributed by atoms with Crippen LogP contribution in [0.3, 0.4) is 0 Å². The van der Waals surface area contributed by atoms with E-state index in [0.29, 0.717) is 6.54 Å². The van der Waals surface area contributed by atoms with Crippen molar-refractivity contribution in [2.24, 2.45) is 0 Å². The van der Waals surface area contributed by atoms with Crippen molar-refractivity contribution in [2.75, 3.05) is 27.2 Å². The van der Waals surface area contributed by atoms with Crippen LogP contribution in [0.25, 0.3) is 0 Å². The summed E-state index contributed by atoms with van der Waals surface area (Å²) in [5, 5.41) is 55.9. The number of hydrogen-bond acceptors (Lipinski definition) is 11. The number of ether oxygens (including phenoxy) is 3. The first-order chi connectivity index (χ1) is 15.2. The van der Waals surface area contributed by atoms with Crippen LogP contribution < -0.4 is 16.0 Å². The molecule has 4 rings (SSSR count). The number of hydrogen-bond donors (Lipinski definition) is 7. The first-order valence-electron chi connectivity index (χ1n) is 11.1. The Balaban J connectivity index is 1.53. The summed E-state index contributed by atoms with van der Waals surface area (Å²) in [5.74, 6) is -2.18. The summed E-state index contributed by atoms with van der Waals surface area (Å²) in [4.78, 5) is 1.22. The van der Waals surface area contributed by atoms with E-state index in [1.165, 1.54) is 4.88 Å². The summed E-state index contributed by atoms with van der Waals surface area (Å²) in [6.45, 7) is 2.47. The second-order valence-electron chi connectivity index (χ2n) is 9.01. The van der Waals surface area contributed by atoms with E-state index < -0.39 is 60.3 Å². The Morgan fingerprint density at radius 1 is 1.09 bits per heavy atom. The van der Waals surface area contributed by atoms with E-state index in [-0.39, 0.29) is 13.0 Å². The minimum absolute atomic E-state index is 0.0638. The van der Waals surface area contributed by atoms with Crippen LogP contribution in [-0.4, -0.2) is 108 Å². The number of aliphatic hydroxyl groups is 4. The maximum Gasteiger partial charge on any atom is 0.249 e. The van der Waals surface area contributed by atoms with Crippen molar-refractivity contribution < 1.29 is 34.6 Å². The minimum atomic E-state index is -2.18. The van der Waals surface area contributed by atoms with E-state index in [4.69, 9.17) is 14.2 Å². The van der Waals surface area contributed by atoms with Crippen LogP contribution in [0.2, 0.25) is 0 Å². The molecule has 1 aromatic heterocycles. The fourth-order valence-electron chi connectivity index (χ4n) is 5.19. The number of rotatable bonds is 7. The highest BCUT2D eigenvalue weighted by Crippen LogP contribution is 2.46. The van der Waals surface area contributed by atoms with E-state index in [2.05, 4.69) is 22.0 Å². The number of aliphatic hydroxyl groups excluding tert-OH is 2. The zero-order valence-corrected chi connectivity index (χ0v) is 19.4. The molecule has 2 aliphatic heterocycles. The zero-order chi connectivity index (χ0) is 23.1. The lowest BCUT2D eigenvalue weighted by Crippen LogP contribution is -2.81. The molecule has 1 aliphatic carbocycles. The quantitative estimate of drug-likeness (QED) is 0.225. The number of likely N-dealkylation sites (N-methyl/N-ethyl adjacent to an activating group) is 2. The third kappa shape index (κ3) is 4.14. The third-order valence-electron chi connectivity index (χ3n) is 6.89. The largest absolute Gasteiger partial charge is 0.390 e. The SMILES string of the molecule is CN[C@@H]1[C@H](O)[C@H](NC)[C@H]2O[C@]3(O)[C@H](OC2[C@H]1O)O[C@H](C)C[C@@]3(O)CNCCc1cccs1. The van der Waals surface area contributed by atoms with Gasteiger partial charge < -0.3 is 50.6 Å². The maximum atomic E-state index is 11.6. The predicted octanol–water partition coefficient (Wildman–Crippen LogP) is -1.87. The average Bonchev–Trinajstić information content (AvgIpc) is 3.26. The lowest BCUT2D eigenvalue weighted by atomic mass is 9.77. The Kier molecular flexibility index (Phi) is 7.26. The molecule has 11 heteroatoms. The van der Waals surface area contributed by atoms with Gasteiger partial charge in [-0.15, -0.1) is 11.3 Å². The van der Waals surface area contributed by atoms with Crippen LogP contribution in [0.15, 0.2) is 17.5 Å². The maximum absolute atomic E-state index is 11.6. The van der Waals surface area contributed by atoms with Gasteiger partial charge in [-0.3, -0.25) is 0 Å². The fraction of sp³-hybridized carbons (Fsp3) is 0.810. The van der Waals surface area contributed by atoms with Crippen molar-refractivity contribution in [1.29, 1.82) is 0 Å². The van der Waals surface area contributed by atoms with Gasteiger partial charge in [0.25, 0.3) is 0 Å². The Morgan fingerprint density at radius 2 is 1.84 bits per heavy atom. The minimum Gasteiger partial charge on any atom is -0.390 e. The van der Waals surface area contributed by atoms with Crippen LogP contribution in [0.4, 0.5) is 0 Å². The van der Waals surface area contributed by atoms with Crippen LogP contribution in [0, 0.1) is 0 Å². The van der Waals surface area contributed by atoms with Crippen LogP contribution in [-0.2, 0) is 20.6 Å². The van der Waals surface area contributed by atoms with Crippen molar-refractivity contribution in [1.82, 2.24) is 16.0 Å². The molecular formula is C21H35N3O7S. The van der Waals surface area contributed by atoms with Crippen LogP contribution in [0.5, 0.6) is 0 Å². The molecule has 10 nitrogen and oxygen atoms in total. The molecule has 2 saturated heterocycles. The van der Waals surface area contributed by atoms with Gasteiger partial charge >= 0.3 is 0 Å². The highest BCUT2D eigenvalue weighted by molar-refractivity contribution is 7.09. The van der Waals surface area contributed by atoms with Crippen LogP contribution >= 0.6 is 11.3 Å². The van der Waals surface area contributed by atoms with Crippen molar-refractivity contribution in [3.63, 3.8) is 0 Å². The Labute approximate surface area is 191 Å². The molecule has 32 heavy (non-hydrogen) atoms. The fourth-order valence-corrected chi connectivity index (χ4v) is 5.90. The van der Waals surface area contributed by atoms with Crippen molar-refractivity contribution in [3.8, 4) is 0 Å². The topological polar surface area (TPSA) is 145 Å². The molecule has 3 aliphatic rings. The Morgan fingerprint density at radius 3 is 2.50 bits per heavy atom. The first kappa shape index (κ1) is 24.4. The third-order valence-corrected chi connectivity index (χ3v) is 7.83. The Bertz CT molecular complexity index is 758.